The minimum Gasteiger partial charge on any atom is -0.316 e. The second-order valence-electron chi connectivity index (χ2n) is 7.21. The summed E-state index contributed by atoms with van der Waals surface area (Å²) in [5, 5.41) is 6.37. The summed E-state index contributed by atoms with van der Waals surface area (Å²) >= 11 is 0. The van der Waals surface area contributed by atoms with Crippen LogP contribution in [-0.4, -0.2) is 13.1 Å². The van der Waals surface area contributed by atoms with E-state index in [4.69, 9.17) is 0 Å². The van der Waals surface area contributed by atoms with Crippen molar-refractivity contribution in [3.05, 3.63) is 47.5 Å². The largest absolute Gasteiger partial charge is 0.316 e. The Kier molecular flexibility index (Phi) is 5.05. The molecule has 0 aliphatic rings. The summed E-state index contributed by atoms with van der Waals surface area (Å²) in [6, 6.07) is 13.4. The second-order valence-corrected chi connectivity index (χ2v) is 7.21. The van der Waals surface area contributed by atoms with Crippen molar-refractivity contribution in [2.75, 3.05) is 13.1 Å². The molecule has 1 N–H and O–H groups in total. The highest BCUT2D eigenvalue weighted by Crippen LogP contribution is 2.34. The van der Waals surface area contributed by atoms with E-state index < -0.39 is 0 Å². The SMILES string of the molecule is Cc1ccc(C(C)(C)CCNCC(C)C)c2ccccc12. The minimum absolute atomic E-state index is 0.192. The van der Waals surface area contributed by atoms with Gasteiger partial charge in [-0.15, -0.1) is 0 Å². The molecule has 2 rings (SSSR count). The molecule has 0 heterocycles. The van der Waals surface area contributed by atoms with E-state index in [-0.39, 0.29) is 5.41 Å². The third kappa shape index (κ3) is 3.85. The second kappa shape index (κ2) is 6.62. The van der Waals surface area contributed by atoms with Gasteiger partial charge < -0.3 is 5.32 Å². The Morgan fingerprint density at radius 2 is 1.67 bits per heavy atom. The van der Waals surface area contributed by atoms with Gasteiger partial charge in [0.2, 0.25) is 0 Å². The van der Waals surface area contributed by atoms with E-state index in [2.05, 4.69) is 76.3 Å². The molecule has 21 heavy (non-hydrogen) atoms. The Labute approximate surface area is 129 Å². The third-order valence-electron chi connectivity index (χ3n) is 4.35. The molecule has 2 aromatic rings. The number of hydrogen-bond acceptors (Lipinski definition) is 1. The van der Waals surface area contributed by atoms with Crippen molar-refractivity contribution < 1.29 is 0 Å². The molecule has 1 heteroatoms. The van der Waals surface area contributed by atoms with E-state index in [1.54, 1.807) is 0 Å². The number of nitrogens with one attached hydrogen (secondary N) is 1. The maximum absolute atomic E-state index is 3.57. The van der Waals surface area contributed by atoms with Crippen LogP contribution in [0.4, 0.5) is 0 Å². The fraction of sp³-hybridized carbons (Fsp3) is 0.500. The van der Waals surface area contributed by atoms with Crippen LogP contribution in [0.3, 0.4) is 0 Å². The van der Waals surface area contributed by atoms with Gasteiger partial charge in [-0.25, -0.2) is 0 Å². The van der Waals surface area contributed by atoms with Gasteiger partial charge in [0.15, 0.2) is 0 Å². The van der Waals surface area contributed by atoms with Crippen LogP contribution in [-0.2, 0) is 5.41 Å². The summed E-state index contributed by atoms with van der Waals surface area (Å²) in [6.45, 7) is 13.6. The van der Waals surface area contributed by atoms with E-state index in [1.807, 2.05) is 0 Å². The van der Waals surface area contributed by atoms with Gasteiger partial charge >= 0.3 is 0 Å². The number of benzene rings is 2. The topological polar surface area (TPSA) is 12.0 Å². The smallest absolute Gasteiger partial charge is 0.00258 e. The molecule has 0 saturated carbocycles. The molecule has 0 radical (unpaired) electrons. The van der Waals surface area contributed by atoms with Crippen LogP contribution < -0.4 is 5.32 Å². The lowest BCUT2D eigenvalue weighted by atomic mass is 9.78. The summed E-state index contributed by atoms with van der Waals surface area (Å²) in [7, 11) is 0. The number of fused-ring (bicyclic) bond motifs is 1. The lowest BCUT2D eigenvalue weighted by molar-refractivity contribution is 0.444. The molecule has 1 nitrogen and oxygen atoms in total. The number of hydrogen-bond donors (Lipinski definition) is 1. The molecule has 0 unspecified atom stereocenters. The predicted octanol–water partition coefficient (Wildman–Crippen LogP) is 5.06. The van der Waals surface area contributed by atoms with E-state index in [0.29, 0.717) is 5.92 Å². The minimum atomic E-state index is 0.192. The van der Waals surface area contributed by atoms with Crippen LogP contribution in [0.2, 0.25) is 0 Å². The van der Waals surface area contributed by atoms with E-state index >= 15 is 0 Å². The quantitative estimate of drug-likeness (QED) is 0.731. The molecule has 0 aliphatic heterocycles. The molecule has 0 fully saturated rings. The molecule has 0 bridgehead atoms. The van der Waals surface area contributed by atoms with Gasteiger partial charge in [-0.05, 0) is 59.7 Å². The first kappa shape index (κ1) is 16.0. The van der Waals surface area contributed by atoms with Crippen LogP contribution in [0, 0.1) is 12.8 Å². The van der Waals surface area contributed by atoms with Crippen molar-refractivity contribution in [1.82, 2.24) is 5.32 Å². The highest BCUT2D eigenvalue weighted by atomic mass is 14.9. The van der Waals surface area contributed by atoms with Gasteiger partial charge in [-0.1, -0.05) is 64.1 Å². The molecule has 0 atom stereocenters. The van der Waals surface area contributed by atoms with Crippen molar-refractivity contribution >= 4 is 10.8 Å². The zero-order chi connectivity index (χ0) is 15.5. The van der Waals surface area contributed by atoms with Crippen LogP contribution in [0.1, 0.15) is 45.2 Å². The molecule has 2 aromatic carbocycles. The van der Waals surface area contributed by atoms with Gasteiger partial charge in [0.1, 0.15) is 0 Å². The zero-order valence-electron chi connectivity index (χ0n) is 14.2. The van der Waals surface area contributed by atoms with Crippen LogP contribution in [0.5, 0.6) is 0 Å². The fourth-order valence-corrected chi connectivity index (χ4v) is 2.97. The maximum Gasteiger partial charge on any atom is -0.00258 e. The monoisotopic (exact) mass is 283 g/mol. The average Bonchev–Trinajstić information content (AvgIpc) is 2.44. The number of aryl methyl sites for hydroxylation is 1. The normalized spacial score (nSPS) is 12.3. The molecule has 0 aromatic heterocycles. The molecule has 114 valence electrons. The number of rotatable bonds is 6. The van der Waals surface area contributed by atoms with Crippen molar-refractivity contribution in [2.45, 2.75) is 46.5 Å². The summed E-state index contributed by atoms with van der Waals surface area (Å²) in [6.07, 6.45) is 1.16. The molecular weight excluding hydrogens is 254 g/mol. The van der Waals surface area contributed by atoms with Gasteiger partial charge in [0, 0.05) is 0 Å². The Hall–Kier alpha value is -1.34. The summed E-state index contributed by atoms with van der Waals surface area (Å²) in [5.74, 6) is 0.716. The highest BCUT2D eigenvalue weighted by molar-refractivity contribution is 5.89. The van der Waals surface area contributed by atoms with Gasteiger partial charge in [0.05, 0.1) is 0 Å². The highest BCUT2D eigenvalue weighted by Gasteiger charge is 2.22. The molecule has 0 aliphatic carbocycles. The van der Waals surface area contributed by atoms with Gasteiger partial charge in [-0.2, -0.15) is 0 Å². The van der Waals surface area contributed by atoms with Crippen molar-refractivity contribution in [3.8, 4) is 0 Å². The van der Waals surface area contributed by atoms with Crippen LogP contribution in [0.25, 0.3) is 10.8 Å². The van der Waals surface area contributed by atoms with Crippen LogP contribution >= 0.6 is 0 Å². The Morgan fingerprint density at radius 3 is 2.33 bits per heavy atom. The van der Waals surface area contributed by atoms with Crippen molar-refractivity contribution in [1.29, 1.82) is 0 Å². The lowest BCUT2D eigenvalue weighted by Crippen LogP contribution is -2.28. The van der Waals surface area contributed by atoms with Gasteiger partial charge in [-0.3, -0.25) is 0 Å². The lowest BCUT2D eigenvalue weighted by Gasteiger charge is -2.28. The standard InChI is InChI=1S/C20H29N/c1-15(2)14-21-13-12-20(4,5)19-11-10-16(3)17-8-6-7-9-18(17)19/h6-11,15,21H,12-14H2,1-5H3. The first-order chi connectivity index (χ1) is 9.92. The molecule has 0 amide bonds. The first-order valence-electron chi connectivity index (χ1n) is 8.11. The third-order valence-corrected chi connectivity index (χ3v) is 4.35. The maximum atomic E-state index is 3.57. The average molecular weight is 283 g/mol. The first-order valence-corrected chi connectivity index (χ1v) is 8.11. The summed E-state index contributed by atoms with van der Waals surface area (Å²) in [4.78, 5) is 0. The van der Waals surface area contributed by atoms with Crippen LogP contribution in [0.15, 0.2) is 36.4 Å². The Morgan fingerprint density at radius 1 is 1.00 bits per heavy atom. The fourth-order valence-electron chi connectivity index (χ4n) is 2.97. The molecule has 0 saturated heterocycles. The van der Waals surface area contributed by atoms with Crippen molar-refractivity contribution in [3.63, 3.8) is 0 Å². The van der Waals surface area contributed by atoms with Gasteiger partial charge in [0.25, 0.3) is 0 Å². The summed E-state index contributed by atoms with van der Waals surface area (Å²) in [5.41, 5.74) is 3.02. The molecular formula is C20H29N. The van der Waals surface area contributed by atoms with E-state index in [1.165, 1.54) is 21.9 Å². The Balaban J connectivity index is 2.22. The summed E-state index contributed by atoms with van der Waals surface area (Å²) < 4.78 is 0. The Bertz CT molecular complexity index is 596. The molecule has 0 spiro atoms. The van der Waals surface area contributed by atoms with E-state index in [0.717, 1.165) is 19.5 Å². The van der Waals surface area contributed by atoms with E-state index in [9.17, 15) is 0 Å². The predicted molar refractivity (Wildman–Crippen MR) is 94.0 cm³/mol. The van der Waals surface area contributed by atoms with Crippen molar-refractivity contribution in [2.24, 2.45) is 5.92 Å². The zero-order valence-corrected chi connectivity index (χ0v) is 14.2.